The van der Waals surface area contributed by atoms with Crippen molar-refractivity contribution in [3.63, 3.8) is 0 Å². The summed E-state index contributed by atoms with van der Waals surface area (Å²) in [5, 5.41) is 10.1. The van der Waals surface area contributed by atoms with E-state index in [1.807, 2.05) is 37.3 Å². The summed E-state index contributed by atoms with van der Waals surface area (Å²) in [5.74, 6) is 0.574. The smallest absolute Gasteiger partial charge is 0.261 e. The maximum Gasteiger partial charge on any atom is 0.261 e. The molecule has 1 heterocycles. The molecule has 1 N–H and O–H groups in total. The van der Waals surface area contributed by atoms with E-state index in [0.717, 1.165) is 24.8 Å². The first-order valence-electron chi connectivity index (χ1n) is 8.52. The van der Waals surface area contributed by atoms with Gasteiger partial charge in [-0.3, -0.25) is 9.36 Å². The molecule has 0 bridgehead atoms. The van der Waals surface area contributed by atoms with E-state index in [1.54, 1.807) is 4.57 Å². The van der Waals surface area contributed by atoms with Gasteiger partial charge < -0.3 is 5.11 Å². The lowest BCUT2D eigenvalue weighted by atomic mass is 10.0. The van der Waals surface area contributed by atoms with E-state index in [2.05, 4.69) is 18.8 Å². The second-order valence-corrected chi connectivity index (χ2v) is 5.80. The lowest BCUT2D eigenvalue weighted by Gasteiger charge is -2.23. The van der Waals surface area contributed by atoms with Gasteiger partial charge in [-0.2, -0.15) is 4.98 Å². The quantitative estimate of drug-likeness (QED) is 0.844. The summed E-state index contributed by atoms with van der Waals surface area (Å²) >= 11 is 0. The summed E-state index contributed by atoms with van der Waals surface area (Å²) in [4.78, 5) is 17.3. The third-order valence-electron chi connectivity index (χ3n) is 4.25. The van der Waals surface area contributed by atoms with Crippen molar-refractivity contribution in [3.8, 4) is 5.88 Å². The molecule has 1 atom stereocenters. The van der Waals surface area contributed by atoms with Crippen molar-refractivity contribution in [2.45, 2.75) is 58.9 Å². The highest BCUT2D eigenvalue weighted by Gasteiger charge is 2.21. The Labute approximate surface area is 137 Å². The number of nitrogens with zero attached hydrogens (tertiary/aromatic N) is 2. The number of unbranched alkanes of at least 4 members (excludes halogenated alkanes) is 1. The number of aryl methyl sites for hydroxylation is 1. The molecule has 0 aliphatic rings. The molecular formula is C19H26N2O2. The Balaban J connectivity index is 2.63. The van der Waals surface area contributed by atoms with E-state index in [-0.39, 0.29) is 17.5 Å². The van der Waals surface area contributed by atoms with Gasteiger partial charge in [-0.1, -0.05) is 57.5 Å². The minimum Gasteiger partial charge on any atom is -0.493 e. The van der Waals surface area contributed by atoms with Crippen LogP contribution in [0.5, 0.6) is 5.88 Å². The highest BCUT2D eigenvalue weighted by Crippen LogP contribution is 2.24. The first-order chi connectivity index (χ1) is 11.1. The summed E-state index contributed by atoms with van der Waals surface area (Å²) in [5.41, 5.74) is 1.39. The zero-order valence-electron chi connectivity index (χ0n) is 14.2. The van der Waals surface area contributed by atoms with Gasteiger partial charge in [-0.15, -0.1) is 0 Å². The maximum atomic E-state index is 12.9. The third-order valence-corrected chi connectivity index (χ3v) is 4.25. The first-order valence-corrected chi connectivity index (χ1v) is 8.52. The van der Waals surface area contributed by atoms with Gasteiger partial charge in [0.2, 0.25) is 5.88 Å². The molecule has 124 valence electrons. The standard InChI is InChI=1S/C19H26N2O2/c1-4-7-13-17-20-18(22)15(5-2)19(23)21(17)16(6-3)14-11-9-8-10-12-14/h8-12,16,22H,4-7,13H2,1-3H3/t16-/m0/s1. The largest absolute Gasteiger partial charge is 0.493 e. The van der Waals surface area contributed by atoms with Crippen LogP contribution in [0, 0.1) is 0 Å². The molecule has 0 amide bonds. The number of rotatable bonds is 7. The fraction of sp³-hybridized carbons (Fsp3) is 0.474. The predicted octanol–water partition coefficient (Wildman–Crippen LogP) is 3.85. The Bertz CT molecular complexity index is 693. The molecule has 0 unspecified atom stereocenters. The molecule has 0 fully saturated rings. The molecule has 0 aliphatic heterocycles. The number of aromatic hydroxyl groups is 1. The van der Waals surface area contributed by atoms with Gasteiger partial charge in [0.15, 0.2) is 0 Å². The van der Waals surface area contributed by atoms with Crippen LogP contribution in [-0.4, -0.2) is 14.7 Å². The molecule has 1 aromatic heterocycles. The van der Waals surface area contributed by atoms with Gasteiger partial charge in [-0.25, -0.2) is 0 Å². The Kier molecular flexibility index (Phi) is 5.97. The maximum absolute atomic E-state index is 12.9. The van der Waals surface area contributed by atoms with Crippen molar-refractivity contribution in [2.75, 3.05) is 0 Å². The molecule has 0 saturated heterocycles. The van der Waals surface area contributed by atoms with Crippen LogP contribution in [0.3, 0.4) is 0 Å². The Morgan fingerprint density at radius 2 is 1.87 bits per heavy atom. The highest BCUT2D eigenvalue weighted by atomic mass is 16.3. The predicted molar refractivity (Wildman–Crippen MR) is 93.0 cm³/mol. The summed E-state index contributed by atoms with van der Waals surface area (Å²) in [6.07, 6.45) is 3.96. The minimum atomic E-state index is -0.109. The van der Waals surface area contributed by atoms with Gasteiger partial charge >= 0.3 is 0 Å². The van der Waals surface area contributed by atoms with E-state index in [0.29, 0.717) is 24.2 Å². The van der Waals surface area contributed by atoms with Crippen molar-refractivity contribution in [3.05, 3.63) is 57.6 Å². The van der Waals surface area contributed by atoms with Crippen LogP contribution in [0.15, 0.2) is 35.1 Å². The lowest BCUT2D eigenvalue weighted by molar-refractivity contribution is 0.420. The fourth-order valence-corrected chi connectivity index (χ4v) is 2.99. The molecule has 0 aliphatic carbocycles. The average molecular weight is 314 g/mol. The summed E-state index contributed by atoms with van der Waals surface area (Å²) in [7, 11) is 0. The van der Waals surface area contributed by atoms with E-state index in [9.17, 15) is 9.90 Å². The SMILES string of the molecule is CCCCc1nc(O)c(CC)c(=O)n1[C@@H](CC)c1ccccc1. The van der Waals surface area contributed by atoms with Crippen molar-refractivity contribution < 1.29 is 5.11 Å². The molecular weight excluding hydrogens is 288 g/mol. The Morgan fingerprint density at radius 1 is 1.17 bits per heavy atom. The fourth-order valence-electron chi connectivity index (χ4n) is 2.99. The Morgan fingerprint density at radius 3 is 2.43 bits per heavy atom. The number of hydrogen-bond donors (Lipinski definition) is 1. The topological polar surface area (TPSA) is 55.1 Å². The second-order valence-electron chi connectivity index (χ2n) is 5.80. The van der Waals surface area contributed by atoms with Gasteiger partial charge in [0, 0.05) is 6.42 Å². The Hall–Kier alpha value is -2.10. The zero-order chi connectivity index (χ0) is 16.8. The first kappa shape index (κ1) is 17.3. The average Bonchev–Trinajstić information content (AvgIpc) is 2.57. The monoisotopic (exact) mass is 314 g/mol. The molecule has 2 aromatic rings. The van der Waals surface area contributed by atoms with E-state index < -0.39 is 0 Å². The number of hydrogen-bond acceptors (Lipinski definition) is 3. The van der Waals surface area contributed by atoms with Crippen molar-refractivity contribution in [1.82, 2.24) is 9.55 Å². The highest BCUT2D eigenvalue weighted by molar-refractivity contribution is 5.27. The molecule has 1 aromatic carbocycles. The van der Waals surface area contributed by atoms with Gasteiger partial charge in [0.25, 0.3) is 5.56 Å². The van der Waals surface area contributed by atoms with Crippen LogP contribution in [-0.2, 0) is 12.8 Å². The van der Waals surface area contributed by atoms with Crippen molar-refractivity contribution in [2.24, 2.45) is 0 Å². The van der Waals surface area contributed by atoms with Crippen LogP contribution in [0.2, 0.25) is 0 Å². The molecule has 4 nitrogen and oxygen atoms in total. The van der Waals surface area contributed by atoms with Crippen molar-refractivity contribution in [1.29, 1.82) is 0 Å². The molecule has 4 heteroatoms. The van der Waals surface area contributed by atoms with Gasteiger partial charge in [0.05, 0.1) is 11.6 Å². The van der Waals surface area contributed by atoms with Crippen molar-refractivity contribution >= 4 is 0 Å². The third kappa shape index (κ3) is 3.63. The number of aromatic nitrogens is 2. The van der Waals surface area contributed by atoms with E-state index in [4.69, 9.17) is 0 Å². The van der Waals surface area contributed by atoms with Crippen LogP contribution >= 0.6 is 0 Å². The summed E-state index contributed by atoms with van der Waals surface area (Å²) < 4.78 is 1.80. The molecule has 0 spiro atoms. The lowest BCUT2D eigenvalue weighted by Crippen LogP contribution is -2.32. The van der Waals surface area contributed by atoms with Crippen LogP contribution in [0.25, 0.3) is 0 Å². The molecule has 0 radical (unpaired) electrons. The van der Waals surface area contributed by atoms with Crippen LogP contribution < -0.4 is 5.56 Å². The normalized spacial score (nSPS) is 12.3. The van der Waals surface area contributed by atoms with Gasteiger partial charge in [-0.05, 0) is 24.8 Å². The number of benzene rings is 1. The summed E-state index contributed by atoms with van der Waals surface area (Å²) in [6.45, 7) is 6.06. The van der Waals surface area contributed by atoms with Crippen LogP contribution in [0.4, 0.5) is 0 Å². The second kappa shape index (κ2) is 7.95. The minimum absolute atomic E-state index is 0.0473. The molecule has 23 heavy (non-hydrogen) atoms. The molecule has 0 saturated carbocycles. The van der Waals surface area contributed by atoms with Gasteiger partial charge in [0.1, 0.15) is 5.82 Å². The van der Waals surface area contributed by atoms with E-state index >= 15 is 0 Å². The zero-order valence-corrected chi connectivity index (χ0v) is 14.2. The van der Waals surface area contributed by atoms with Crippen LogP contribution in [0.1, 0.15) is 63.0 Å². The summed E-state index contributed by atoms with van der Waals surface area (Å²) in [6, 6.07) is 10.00. The molecule has 2 rings (SSSR count). The van der Waals surface area contributed by atoms with E-state index in [1.165, 1.54) is 0 Å².